The summed E-state index contributed by atoms with van der Waals surface area (Å²) in [4.78, 5) is 13.3. The number of anilines is 1. The first-order chi connectivity index (χ1) is 15.5. The fourth-order valence-electron chi connectivity index (χ4n) is 4.33. The van der Waals surface area contributed by atoms with Gasteiger partial charge in [0, 0.05) is 30.1 Å². The summed E-state index contributed by atoms with van der Waals surface area (Å²) in [5.74, 6) is -1.24. The number of aliphatic carboxylic acids is 1. The number of hydrogen-bond donors (Lipinski definition) is 2. The Bertz CT molecular complexity index is 1180. The molecule has 32 heavy (non-hydrogen) atoms. The zero-order valence-corrected chi connectivity index (χ0v) is 19.3. The SMILES string of the molecule is CCN(C1=CC(=Cc2sc3ccccc3[n+]2CC)CCC1)c1ccc(C(O)C(=O)O)cc1. The van der Waals surface area contributed by atoms with E-state index >= 15 is 0 Å². The number of fused-ring (bicyclic) bond motifs is 1. The Labute approximate surface area is 192 Å². The molecule has 1 aromatic heterocycles. The number of carboxylic acids is 1. The van der Waals surface area contributed by atoms with Crippen LogP contribution in [0.1, 0.15) is 49.8 Å². The van der Waals surface area contributed by atoms with E-state index in [1.165, 1.54) is 26.5 Å². The number of thiazole rings is 1. The van der Waals surface area contributed by atoms with Gasteiger partial charge in [-0.1, -0.05) is 35.6 Å². The number of nitrogens with zero attached hydrogens (tertiary/aromatic N) is 2. The van der Waals surface area contributed by atoms with Crippen molar-refractivity contribution in [2.45, 2.75) is 45.8 Å². The second-order valence-electron chi connectivity index (χ2n) is 7.94. The lowest BCUT2D eigenvalue weighted by atomic mass is 9.97. The fourth-order valence-corrected chi connectivity index (χ4v) is 5.54. The van der Waals surface area contributed by atoms with Gasteiger partial charge in [0.1, 0.15) is 11.2 Å². The molecule has 0 saturated heterocycles. The Balaban J connectivity index is 1.64. The monoisotopic (exact) mass is 449 g/mol. The number of aromatic nitrogens is 1. The summed E-state index contributed by atoms with van der Waals surface area (Å²) >= 11 is 1.83. The number of rotatable bonds is 7. The van der Waals surface area contributed by atoms with Gasteiger partial charge in [-0.15, -0.1) is 0 Å². The third-order valence-corrected chi connectivity index (χ3v) is 7.04. The summed E-state index contributed by atoms with van der Waals surface area (Å²) in [7, 11) is 0. The summed E-state index contributed by atoms with van der Waals surface area (Å²) in [5.41, 5.74) is 5.28. The number of hydrogen-bond acceptors (Lipinski definition) is 4. The maximum Gasteiger partial charge on any atom is 0.337 e. The number of benzene rings is 2. The Morgan fingerprint density at radius 1 is 1.16 bits per heavy atom. The second kappa shape index (κ2) is 9.67. The molecule has 1 heterocycles. The lowest BCUT2D eigenvalue weighted by Gasteiger charge is -2.29. The van der Waals surface area contributed by atoms with Crippen molar-refractivity contribution >= 4 is 39.3 Å². The molecule has 3 aromatic rings. The highest BCUT2D eigenvalue weighted by Crippen LogP contribution is 2.31. The number of carboxylic acid groups (broad SMARTS) is 1. The van der Waals surface area contributed by atoms with Crippen LogP contribution in [0.4, 0.5) is 5.69 Å². The molecule has 0 amide bonds. The van der Waals surface area contributed by atoms with Crippen molar-refractivity contribution in [2.24, 2.45) is 0 Å². The molecule has 0 radical (unpaired) electrons. The minimum Gasteiger partial charge on any atom is -0.479 e. The molecule has 2 aromatic carbocycles. The van der Waals surface area contributed by atoms with Gasteiger partial charge in [-0.2, -0.15) is 4.57 Å². The minimum absolute atomic E-state index is 0.393. The van der Waals surface area contributed by atoms with Gasteiger partial charge in [-0.05, 0) is 68.5 Å². The number of aliphatic hydroxyl groups is 1. The quantitative estimate of drug-likeness (QED) is 0.480. The van der Waals surface area contributed by atoms with E-state index in [-0.39, 0.29) is 0 Å². The lowest BCUT2D eigenvalue weighted by molar-refractivity contribution is -0.665. The predicted octanol–water partition coefficient (Wildman–Crippen LogP) is 5.30. The first kappa shape index (κ1) is 22.2. The van der Waals surface area contributed by atoms with E-state index in [1.54, 1.807) is 12.1 Å². The lowest BCUT2D eigenvalue weighted by Crippen LogP contribution is -2.33. The van der Waals surface area contributed by atoms with Gasteiger partial charge in [-0.25, -0.2) is 4.79 Å². The Morgan fingerprint density at radius 2 is 1.91 bits per heavy atom. The van der Waals surface area contributed by atoms with Crippen LogP contribution in [0.15, 0.2) is 65.9 Å². The molecule has 1 unspecified atom stereocenters. The van der Waals surface area contributed by atoms with E-state index in [4.69, 9.17) is 5.11 Å². The number of para-hydroxylation sites is 1. The van der Waals surface area contributed by atoms with E-state index in [0.717, 1.165) is 38.0 Å². The highest BCUT2D eigenvalue weighted by atomic mass is 32.1. The van der Waals surface area contributed by atoms with Crippen LogP contribution in [0, 0.1) is 0 Å². The summed E-state index contributed by atoms with van der Waals surface area (Å²) in [6.07, 6.45) is 6.30. The molecule has 4 rings (SSSR count). The van der Waals surface area contributed by atoms with Crippen molar-refractivity contribution in [1.29, 1.82) is 0 Å². The number of allylic oxidation sites excluding steroid dienone is 3. The van der Waals surface area contributed by atoms with E-state index in [9.17, 15) is 9.90 Å². The van der Waals surface area contributed by atoms with Crippen molar-refractivity contribution in [2.75, 3.05) is 11.4 Å². The maximum absolute atomic E-state index is 11.0. The highest BCUT2D eigenvalue weighted by Gasteiger charge is 2.20. The van der Waals surface area contributed by atoms with E-state index in [1.807, 2.05) is 23.5 Å². The molecule has 5 nitrogen and oxygen atoms in total. The van der Waals surface area contributed by atoms with Crippen LogP contribution in [0.3, 0.4) is 0 Å². The Morgan fingerprint density at radius 3 is 2.59 bits per heavy atom. The zero-order chi connectivity index (χ0) is 22.7. The van der Waals surface area contributed by atoms with Crippen molar-refractivity contribution in [3.8, 4) is 0 Å². The van der Waals surface area contributed by atoms with E-state index in [0.29, 0.717) is 5.56 Å². The molecule has 1 atom stereocenters. The maximum atomic E-state index is 11.0. The first-order valence-electron chi connectivity index (χ1n) is 11.1. The van der Waals surface area contributed by atoms with Crippen molar-refractivity contribution in [1.82, 2.24) is 0 Å². The van der Waals surface area contributed by atoms with Gasteiger partial charge in [0.2, 0.25) is 5.52 Å². The van der Waals surface area contributed by atoms with Gasteiger partial charge in [0.15, 0.2) is 6.10 Å². The Kier molecular flexibility index (Phi) is 6.72. The van der Waals surface area contributed by atoms with Crippen molar-refractivity contribution in [3.05, 3.63) is 76.4 Å². The molecular formula is C26H29N2O3S+. The third-order valence-electron chi connectivity index (χ3n) is 5.93. The fraction of sp³-hybridized carbons (Fsp3) is 0.308. The average molecular weight is 450 g/mol. The molecule has 6 heteroatoms. The van der Waals surface area contributed by atoms with Gasteiger partial charge in [0.25, 0.3) is 5.01 Å². The summed E-state index contributed by atoms with van der Waals surface area (Å²) in [6.45, 7) is 6.07. The first-order valence-corrected chi connectivity index (χ1v) is 11.9. The van der Waals surface area contributed by atoms with Gasteiger partial charge in [0.05, 0.1) is 0 Å². The topological polar surface area (TPSA) is 64.7 Å². The van der Waals surface area contributed by atoms with Crippen LogP contribution in [0.2, 0.25) is 0 Å². The van der Waals surface area contributed by atoms with Crippen LogP contribution in [-0.2, 0) is 11.3 Å². The summed E-state index contributed by atoms with van der Waals surface area (Å²) in [6, 6.07) is 15.7. The standard InChI is InChI=1S/C26H28N2O3S/c1-3-27(20-14-12-19(13-15-20)25(29)26(30)31)21-9-7-8-18(16-21)17-24-28(4-2)22-10-5-6-11-23(22)32-24/h5-6,10-17,25,29H,3-4,7-9H2,1-2H3/p+1. The second-order valence-corrected chi connectivity index (χ2v) is 9.00. The molecule has 0 spiro atoms. The van der Waals surface area contributed by atoms with Gasteiger partial charge < -0.3 is 15.1 Å². The summed E-state index contributed by atoms with van der Waals surface area (Å²) < 4.78 is 3.68. The van der Waals surface area contributed by atoms with Crippen LogP contribution >= 0.6 is 11.3 Å². The van der Waals surface area contributed by atoms with Crippen molar-refractivity contribution < 1.29 is 19.6 Å². The average Bonchev–Trinajstić information content (AvgIpc) is 3.16. The third kappa shape index (κ3) is 4.47. The number of aryl methyl sites for hydroxylation is 1. The van der Waals surface area contributed by atoms with Crippen LogP contribution < -0.4 is 9.47 Å². The molecule has 0 aliphatic heterocycles. The summed E-state index contributed by atoms with van der Waals surface area (Å²) in [5, 5.41) is 20.1. The smallest absolute Gasteiger partial charge is 0.337 e. The normalized spacial score (nSPS) is 16.2. The molecule has 1 aliphatic rings. The number of carbonyl (C=O) groups is 1. The van der Waals surface area contributed by atoms with E-state index < -0.39 is 12.1 Å². The molecule has 1 aliphatic carbocycles. The van der Waals surface area contributed by atoms with Crippen molar-refractivity contribution in [3.63, 3.8) is 0 Å². The minimum atomic E-state index is -1.49. The zero-order valence-electron chi connectivity index (χ0n) is 18.5. The molecule has 2 N–H and O–H groups in total. The molecule has 0 bridgehead atoms. The molecule has 0 fully saturated rings. The highest BCUT2D eigenvalue weighted by molar-refractivity contribution is 7.18. The predicted molar refractivity (Wildman–Crippen MR) is 130 cm³/mol. The van der Waals surface area contributed by atoms with E-state index in [2.05, 4.69) is 59.7 Å². The number of aliphatic hydroxyl groups excluding tert-OH is 1. The Hall–Kier alpha value is -2.96. The van der Waals surface area contributed by atoms with Crippen LogP contribution in [0.5, 0.6) is 0 Å². The van der Waals surface area contributed by atoms with Gasteiger partial charge in [-0.3, -0.25) is 0 Å². The van der Waals surface area contributed by atoms with Crippen LogP contribution in [-0.4, -0.2) is 22.7 Å². The van der Waals surface area contributed by atoms with Gasteiger partial charge >= 0.3 is 5.97 Å². The molecule has 0 saturated carbocycles. The largest absolute Gasteiger partial charge is 0.479 e. The van der Waals surface area contributed by atoms with Crippen LogP contribution in [0.25, 0.3) is 16.3 Å². The molecule has 166 valence electrons. The molecular weight excluding hydrogens is 420 g/mol.